The van der Waals surface area contributed by atoms with E-state index in [1.54, 1.807) is 16.2 Å². The first-order valence-corrected chi connectivity index (χ1v) is 7.76. The lowest BCUT2D eigenvalue weighted by Gasteiger charge is -2.17. The Labute approximate surface area is 123 Å². The quantitative estimate of drug-likeness (QED) is 0.921. The van der Waals surface area contributed by atoms with Crippen molar-refractivity contribution >= 4 is 23.2 Å². The Morgan fingerprint density at radius 1 is 1.55 bits per heavy atom. The molecule has 2 heterocycles. The summed E-state index contributed by atoms with van der Waals surface area (Å²) >= 11 is 1.61. The van der Waals surface area contributed by atoms with Crippen LogP contribution in [0.25, 0.3) is 0 Å². The summed E-state index contributed by atoms with van der Waals surface area (Å²) in [5, 5.41) is 4.02. The van der Waals surface area contributed by atoms with Gasteiger partial charge in [-0.2, -0.15) is 0 Å². The second kappa shape index (κ2) is 5.91. The van der Waals surface area contributed by atoms with E-state index in [0.29, 0.717) is 19.5 Å². The van der Waals surface area contributed by atoms with E-state index in [1.165, 1.54) is 0 Å². The fourth-order valence-corrected chi connectivity index (χ4v) is 3.53. The summed E-state index contributed by atoms with van der Waals surface area (Å²) in [6.07, 6.45) is 0.326. The highest BCUT2D eigenvalue weighted by Crippen LogP contribution is 2.25. The molecule has 0 saturated carbocycles. The van der Waals surface area contributed by atoms with Crippen molar-refractivity contribution in [2.24, 2.45) is 5.92 Å². The van der Waals surface area contributed by atoms with Gasteiger partial charge in [-0.1, -0.05) is 0 Å². The minimum atomic E-state index is -0.223. The molecule has 6 heteroatoms. The third kappa shape index (κ3) is 3.00. The van der Waals surface area contributed by atoms with Gasteiger partial charge in [-0.3, -0.25) is 9.59 Å². The zero-order chi connectivity index (χ0) is 14.9. The van der Waals surface area contributed by atoms with Gasteiger partial charge < -0.3 is 10.2 Å². The van der Waals surface area contributed by atoms with Gasteiger partial charge in [0.2, 0.25) is 11.8 Å². The van der Waals surface area contributed by atoms with E-state index in [-0.39, 0.29) is 23.8 Å². The molecule has 1 N–H and O–H groups in total. The number of amides is 2. The van der Waals surface area contributed by atoms with Gasteiger partial charge in [-0.05, 0) is 27.7 Å². The largest absolute Gasteiger partial charge is 0.348 e. The summed E-state index contributed by atoms with van der Waals surface area (Å²) in [7, 11) is 0. The SMILES string of the molecule is CCN1C[C@H](C(=O)N[C@@H](C)c2sc(C)nc2C)CC1=O. The van der Waals surface area contributed by atoms with Crippen molar-refractivity contribution in [3.8, 4) is 0 Å². The van der Waals surface area contributed by atoms with E-state index in [9.17, 15) is 9.59 Å². The van der Waals surface area contributed by atoms with Gasteiger partial charge in [0.15, 0.2) is 0 Å². The molecule has 0 aliphatic carbocycles. The van der Waals surface area contributed by atoms with E-state index < -0.39 is 0 Å². The van der Waals surface area contributed by atoms with E-state index in [0.717, 1.165) is 15.6 Å². The molecule has 5 nitrogen and oxygen atoms in total. The highest BCUT2D eigenvalue weighted by Gasteiger charge is 2.34. The maximum absolute atomic E-state index is 12.2. The number of hydrogen-bond donors (Lipinski definition) is 1. The number of nitrogens with one attached hydrogen (secondary N) is 1. The number of aromatic nitrogens is 1. The molecule has 2 atom stereocenters. The Bertz CT molecular complexity index is 526. The van der Waals surface area contributed by atoms with Gasteiger partial charge in [-0.15, -0.1) is 11.3 Å². The zero-order valence-corrected chi connectivity index (χ0v) is 13.2. The topological polar surface area (TPSA) is 62.3 Å². The third-order valence-corrected chi connectivity index (χ3v) is 4.91. The number of nitrogens with zero attached hydrogens (tertiary/aromatic N) is 2. The third-order valence-electron chi connectivity index (χ3n) is 3.66. The normalized spacial score (nSPS) is 20.3. The molecule has 0 unspecified atom stereocenters. The van der Waals surface area contributed by atoms with Crippen molar-refractivity contribution in [1.29, 1.82) is 0 Å². The van der Waals surface area contributed by atoms with Crippen molar-refractivity contribution in [3.05, 3.63) is 15.6 Å². The first-order chi connectivity index (χ1) is 9.42. The monoisotopic (exact) mass is 295 g/mol. The van der Waals surface area contributed by atoms with Crippen LogP contribution in [0.15, 0.2) is 0 Å². The van der Waals surface area contributed by atoms with Crippen LogP contribution >= 0.6 is 11.3 Å². The maximum Gasteiger partial charge on any atom is 0.225 e. The van der Waals surface area contributed by atoms with Gasteiger partial charge in [0, 0.05) is 24.4 Å². The molecule has 0 spiro atoms. The predicted octanol–water partition coefficient (Wildman–Crippen LogP) is 1.81. The van der Waals surface area contributed by atoms with Gasteiger partial charge in [0.1, 0.15) is 0 Å². The first-order valence-electron chi connectivity index (χ1n) is 6.94. The van der Waals surface area contributed by atoms with Crippen LogP contribution < -0.4 is 5.32 Å². The molecule has 2 amide bonds. The Balaban J connectivity index is 1.98. The molecule has 1 fully saturated rings. The number of likely N-dealkylation sites (tertiary alicyclic amines) is 1. The summed E-state index contributed by atoms with van der Waals surface area (Å²) < 4.78 is 0. The molecule has 110 valence electrons. The summed E-state index contributed by atoms with van der Waals surface area (Å²) in [6.45, 7) is 9.03. The summed E-state index contributed by atoms with van der Waals surface area (Å²) in [4.78, 5) is 31.1. The fraction of sp³-hybridized carbons (Fsp3) is 0.643. The molecule has 2 rings (SSSR count). The Hall–Kier alpha value is -1.43. The van der Waals surface area contributed by atoms with Crippen molar-refractivity contribution < 1.29 is 9.59 Å². The summed E-state index contributed by atoms with van der Waals surface area (Å²) in [5.41, 5.74) is 0.970. The zero-order valence-electron chi connectivity index (χ0n) is 12.4. The number of carbonyl (C=O) groups excluding carboxylic acids is 2. The van der Waals surface area contributed by atoms with Crippen molar-refractivity contribution in [1.82, 2.24) is 15.2 Å². The Kier molecular flexibility index (Phi) is 4.42. The average molecular weight is 295 g/mol. The standard InChI is InChI=1S/C14H21N3O2S/c1-5-17-7-11(6-12(17)18)14(19)16-9(3)13-8(2)15-10(4)20-13/h9,11H,5-7H2,1-4H3,(H,16,19)/t9-,11+/m0/s1. The first kappa shape index (κ1) is 15.0. The van der Waals surface area contributed by atoms with Crippen molar-refractivity contribution in [2.45, 2.75) is 40.2 Å². The number of hydrogen-bond acceptors (Lipinski definition) is 4. The van der Waals surface area contributed by atoms with Gasteiger partial charge in [-0.25, -0.2) is 4.98 Å². The second-order valence-corrected chi connectivity index (χ2v) is 6.48. The van der Waals surface area contributed by atoms with Gasteiger partial charge in [0.05, 0.1) is 22.7 Å². The molecular weight excluding hydrogens is 274 g/mol. The van der Waals surface area contributed by atoms with Crippen LogP contribution in [0.1, 0.15) is 41.9 Å². The Morgan fingerprint density at radius 2 is 2.25 bits per heavy atom. The van der Waals surface area contributed by atoms with Gasteiger partial charge in [0.25, 0.3) is 0 Å². The Morgan fingerprint density at radius 3 is 2.75 bits per heavy atom. The van der Waals surface area contributed by atoms with Crippen LogP contribution in [0.4, 0.5) is 0 Å². The van der Waals surface area contributed by atoms with E-state index in [1.807, 2.05) is 27.7 Å². The van der Waals surface area contributed by atoms with Crippen LogP contribution in [0.2, 0.25) is 0 Å². The molecule has 20 heavy (non-hydrogen) atoms. The van der Waals surface area contributed by atoms with Crippen LogP contribution in [-0.2, 0) is 9.59 Å². The summed E-state index contributed by atoms with van der Waals surface area (Å²) in [6, 6.07) is -0.0560. The molecule has 1 aromatic rings. The average Bonchev–Trinajstić information content (AvgIpc) is 2.91. The maximum atomic E-state index is 12.2. The number of carbonyl (C=O) groups is 2. The van der Waals surface area contributed by atoms with Gasteiger partial charge >= 0.3 is 0 Å². The van der Waals surface area contributed by atoms with Crippen LogP contribution in [-0.4, -0.2) is 34.8 Å². The molecule has 0 radical (unpaired) electrons. The molecule has 0 aromatic carbocycles. The second-order valence-electron chi connectivity index (χ2n) is 5.25. The number of rotatable bonds is 4. The summed E-state index contributed by atoms with van der Waals surface area (Å²) in [5.74, 6) is -0.184. The highest BCUT2D eigenvalue weighted by atomic mass is 32.1. The predicted molar refractivity (Wildman–Crippen MR) is 78.5 cm³/mol. The molecule has 1 saturated heterocycles. The van der Waals surface area contributed by atoms with Crippen molar-refractivity contribution in [2.75, 3.05) is 13.1 Å². The lowest BCUT2D eigenvalue weighted by Crippen LogP contribution is -2.34. The highest BCUT2D eigenvalue weighted by molar-refractivity contribution is 7.11. The molecule has 0 bridgehead atoms. The lowest BCUT2D eigenvalue weighted by atomic mass is 10.1. The molecule has 1 aliphatic heterocycles. The molecule has 1 aromatic heterocycles. The van der Waals surface area contributed by atoms with Crippen LogP contribution in [0.3, 0.4) is 0 Å². The number of aryl methyl sites for hydroxylation is 2. The lowest BCUT2D eigenvalue weighted by molar-refractivity contribution is -0.129. The van der Waals surface area contributed by atoms with Crippen LogP contribution in [0.5, 0.6) is 0 Å². The number of thiazole rings is 1. The fourth-order valence-electron chi connectivity index (χ4n) is 2.60. The van der Waals surface area contributed by atoms with E-state index in [2.05, 4.69) is 10.3 Å². The smallest absolute Gasteiger partial charge is 0.225 e. The molecule has 1 aliphatic rings. The minimum absolute atomic E-state index is 0.0350. The van der Waals surface area contributed by atoms with Crippen LogP contribution in [0, 0.1) is 19.8 Å². The minimum Gasteiger partial charge on any atom is -0.348 e. The van der Waals surface area contributed by atoms with E-state index in [4.69, 9.17) is 0 Å². The molecular formula is C14H21N3O2S. The van der Waals surface area contributed by atoms with Crippen molar-refractivity contribution in [3.63, 3.8) is 0 Å². The van der Waals surface area contributed by atoms with E-state index >= 15 is 0 Å².